The highest BCUT2D eigenvalue weighted by Crippen LogP contribution is 2.37. The van der Waals surface area contributed by atoms with Gasteiger partial charge in [0.1, 0.15) is 10.6 Å². The Morgan fingerprint density at radius 1 is 1.08 bits per heavy atom. The van der Waals surface area contributed by atoms with E-state index in [0.717, 1.165) is 16.1 Å². The SMILES string of the molecule is CCOC(=O)C1=C(C)N=c2s/c(=C3/C(=O)N(Cc4ccc(Cl)cc4)c4ccccc43)c(=O)n2[C@H]1c1cccs1. The number of anilines is 1. The fraction of sp³-hybridized carbons (Fsp3) is 0.172. The van der Waals surface area contributed by atoms with Crippen molar-refractivity contribution in [3.05, 3.63) is 118 Å². The van der Waals surface area contributed by atoms with E-state index < -0.39 is 12.0 Å². The largest absolute Gasteiger partial charge is 0.463 e. The molecule has 0 N–H and O–H groups in total. The Morgan fingerprint density at radius 3 is 2.56 bits per heavy atom. The minimum Gasteiger partial charge on any atom is -0.463 e. The van der Waals surface area contributed by atoms with Crippen molar-refractivity contribution in [2.24, 2.45) is 4.99 Å². The molecule has 0 fully saturated rings. The molecular weight excluding hydrogens is 554 g/mol. The zero-order chi connectivity index (χ0) is 27.3. The van der Waals surface area contributed by atoms with E-state index in [9.17, 15) is 14.4 Å². The first kappa shape index (κ1) is 25.5. The second-order valence-electron chi connectivity index (χ2n) is 9.05. The molecule has 7 nitrogen and oxygen atoms in total. The second-order valence-corrected chi connectivity index (χ2v) is 11.4. The maximum Gasteiger partial charge on any atom is 0.338 e. The number of esters is 1. The van der Waals surface area contributed by atoms with Gasteiger partial charge in [-0.05, 0) is 49.1 Å². The van der Waals surface area contributed by atoms with Crippen LogP contribution in [0.4, 0.5) is 5.69 Å². The summed E-state index contributed by atoms with van der Waals surface area (Å²) in [6, 6.07) is 17.9. The van der Waals surface area contributed by atoms with Crippen molar-refractivity contribution in [1.29, 1.82) is 0 Å². The molecule has 1 atom stereocenters. The number of para-hydroxylation sites is 1. The fourth-order valence-electron chi connectivity index (χ4n) is 4.99. The lowest BCUT2D eigenvalue weighted by Gasteiger charge is -2.23. The smallest absolute Gasteiger partial charge is 0.338 e. The number of benzene rings is 2. The molecule has 0 bridgehead atoms. The van der Waals surface area contributed by atoms with E-state index in [4.69, 9.17) is 16.3 Å². The summed E-state index contributed by atoms with van der Waals surface area (Å²) in [5.41, 5.74) is 3.13. The van der Waals surface area contributed by atoms with E-state index in [-0.39, 0.29) is 18.1 Å². The normalized spacial score (nSPS) is 17.7. The molecule has 0 saturated carbocycles. The Morgan fingerprint density at radius 2 is 1.85 bits per heavy atom. The molecule has 0 radical (unpaired) electrons. The summed E-state index contributed by atoms with van der Waals surface area (Å²) in [6.07, 6.45) is 0. The van der Waals surface area contributed by atoms with Crippen LogP contribution in [0.15, 0.2) is 87.1 Å². The number of fused-ring (bicyclic) bond motifs is 2. The molecule has 196 valence electrons. The van der Waals surface area contributed by atoms with E-state index in [1.165, 1.54) is 27.2 Å². The lowest BCUT2D eigenvalue weighted by atomic mass is 10.0. The van der Waals surface area contributed by atoms with Crippen LogP contribution in [0.25, 0.3) is 5.57 Å². The van der Waals surface area contributed by atoms with Gasteiger partial charge in [-0.1, -0.05) is 59.3 Å². The minimum absolute atomic E-state index is 0.204. The lowest BCUT2D eigenvalue weighted by molar-refractivity contribution is -0.139. The van der Waals surface area contributed by atoms with Crippen LogP contribution >= 0.6 is 34.3 Å². The molecule has 0 aliphatic carbocycles. The van der Waals surface area contributed by atoms with E-state index in [0.29, 0.717) is 43.3 Å². The number of amides is 1. The number of thiophene rings is 1. The van der Waals surface area contributed by atoms with Crippen molar-refractivity contribution in [2.75, 3.05) is 11.5 Å². The van der Waals surface area contributed by atoms with Gasteiger partial charge < -0.3 is 9.64 Å². The summed E-state index contributed by atoms with van der Waals surface area (Å²) in [4.78, 5) is 48.7. The number of halogens is 1. The summed E-state index contributed by atoms with van der Waals surface area (Å²) in [5, 5.41) is 2.52. The Hall–Kier alpha value is -3.79. The third kappa shape index (κ3) is 4.27. The maximum absolute atomic E-state index is 14.1. The van der Waals surface area contributed by atoms with Gasteiger partial charge in [0.2, 0.25) is 0 Å². The number of carbonyl (C=O) groups is 2. The first-order chi connectivity index (χ1) is 18.9. The standard InChI is InChI=1S/C29H22ClN3O4S2/c1-3-37-28(36)22-16(2)31-29-33(24(22)21-9-6-14-38-21)27(35)25(39-29)23-19-7-4-5-8-20(19)32(26(23)34)15-17-10-12-18(30)13-11-17/h4-14,24H,3,15H2,1-2H3/b25-23+/t24-/m0/s1. The maximum atomic E-state index is 14.1. The first-order valence-corrected chi connectivity index (χ1v) is 14.4. The number of carbonyl (C=O) groups excluding carboxylic acids is 2. The molecule has 0 saturated heterocycles. The summed E-state index contributed by atoms with van der Waals surface area (Å²) in [6.45, 7) is 4.02. The number of aromatic nitrogens is 1. The molecule has 1 amide bonds. The predicted octanol–water partition coefficient (Wildman–Crippen LogP) is 4.43. The Kier molecular flexibility index (Phi) is 6.58. The Balaban J connectivity index is 1.55. The van der Waals surface area contributed by atoms with Gasteiger partial charge >= 0.3 is 5.97 Å². The minimum atomic E-state index is -0.688. The quantitative estimate of drug-likeness (QED) is 0.330. The molecule has 4 aromatic rings. The highest BCUT2D eigenvalue weighted by atomic mass is 35.5. The summed E-state index contributed by atoms with van der Waals surface area (Å²) < 4.78 is 7.16. The molecule has 2 aliphatic rings. The van der Waals surface area contributed by atoms with Crippen molar-refractivity contribution in [3.8, 4) is 0 Å². The average Bonchev–Trinajstić information content (AvgIpc) is 3.63. The van der Waals surface area contributed by atoms with Crippen LogP contribution in [-0.2, 0) is 20.9 Å². The van der Waals surface area contributed by atoms with Gasteiger partial charge in [-0.15, -0.1) is 11.3 Å². The number of nitrogens with zero attached hydrogens (tertiary/aromatic N) is 3. The molecule has 39 heavy (non-hydrogen) atoms. The lowest BCUT2D eigenvalue weighted by Crippen LogP contribution is -2.40. The molecule has 2 aromatic heterocycles. The van der Waals surface area contributed by atoms with Gasteiger partial charge in [0.15, 0.2) is 4.80 Å². The summed E-state index contributed by atoms with van der Waals surface area (Å²) in [5.74, 6) is -0.767. The predicted molar refractivity (Wildman–Crippen MR) is 153 cm³/mol. The molecule has 2 aromatic carbocycles. The number of ether oxygens (including phenoxy) is 1. The van der Waals surface area contributed by atoms with Gasteiger partial charge in [-0.25, -0.2) is 9.79 Å². The third-order valence-electron chi connectivity index (χ3n) is 6.71. The van der Waals surface area contributed by atoms with Crippen molar-refractivity contribution >= 4 is 57.4 Å². The average molecular weight is 576 g/mol. The van der Waals surface area contributed by atoms with Crippen molar-refractivity contribution < 1.29 is 14.3 Å². The van der Waals surface area contributed by atoms with Crippen LogP contribution in [-0.4, -0.2) is 23.1 Å². The fourth-order valence-corrected chi connectivity index (χ4v) is 7.07. The van der Waals surface area contributed by atoms with Crippen molar-refractivity contribution in [2.45, 2.75) is 26.4 Å². The highest BCUT2D eigenvalue weighted by molar-refractivity contribution is 7.10. The molecule has 4 heterocycles. The molecule has 6 rings (SSSR count). The number of hydrogen-bond donors (Lipinski definition) is 0. The highest BCUT2D eigenvalue weighted by Gasteiger charge is 2.37. The van der Waals surface area contributed by atoms with E-state index >= 15 is 0 Å². The van der Waals surface area contributed by atoms with E-state index in [2.05, 4.69) is 4.99 Å². The van der Waals surface area contributed by atoms with Crippen LogP contribution in [0.5, 0.6) is 0 Å². The van der Waals surface area contributed by atoms with Crippen LogP contribution in [0.2, 0.25) is 5.02 Å². The summed E-state index contributed by atoms with van der Waals surface area (Å²) in [7, 11) is 0. The van der Waals surface area contributed by atoms with Gasteiger partial charge in [-0.3, -0.25) is 14.2 Å². The molecule has 0 unspecified atom stereocenters. The van der Waals surface area contributed by atoms with Gasteiger partial charge in [0, 0.05) is 15.5 Å². The third-order valence-corrected chi connectivity index (χ3v) is 8.94. The number of hydrogen-bond acceptors (Lipinski definition) is 7. The van der Waals surface area contributed by atoms with E-state index in [1.54, 1.807) is 30.9 Å². The number of allylic oxidation sites excluding steroid dienone is 1. The van der Waals surface area contributed by atoms with Crippen LogP contribution < -0.4 is 19.8 Å². The molecule has 10 heteroatoms. The topological polar surface area (TPSA) is 81.0 Å². The van der Waals surface area contributed by atoms with E-state index in [1.807, 2.05) is 53.9 Å². The van der Waals surface area contributed by atoms with Gasteiger partial charge in [0.25, 0.3) is 11.5 Å². The van der Waals surface area contributed by atoms with Crippen LogP contribution in [0.1, 0.15) is 35.9 Å². The van der Waals surface area contributed by atoms with Crippen molar-refractivity contribution in [3.63, 3.8) is 0 Å². The second kappa shape index (κ2) is 10.1. The van der Waals surface area contributed by atoms with Crippen LogP contribution in [0, 0.1) is 0 Å². The Bertz CT molecular complexity index is 1840. The Labute approximate surface area is 236 Å². The molecule has 2 aliphatic heterocycles. The number of thiazole rings is 1. The van der Waals surface area contributed by atoms with Crippen LogP contribution in [0.3, 0.4) is 0 Å². The first-order valence-electron chi connectivity index (χ1n) is 12.3. The number of rotatable bonds is 5. The zero-order valence-corrected chi connectivity index (χ0v) is 23.4. The molecule has 0 spiro atoms. The summed E-state index contributed by atoms with van der Waals surface area (Å²) >= 11 is 8.67. The molecular formula is C29H22ClN3O4S2. The van der Waals surface area contributed by atoms with Gasteiger partial charge in [-0.2, -0.15) is 0 Å². The zero-order valence-electron chi connectivity index (χ0n) is 21.0. The van der Waals surface area contributed by atoms with Gasteiger partial charge in [0.05, 0.1) is 35.7 Å². The monoisotopic (exact) mass is 575 g/mol. The van der Waals surface area contributed by atoms with Crippen molar-refractivity contribution in [1.82, 2.24) is 4.57 Å².